The van der Waals surface area contributed by atoms with Gasteiger partial charge in [0.2, 0.25) is 5.91 Å². The van der Waals surface area contributed by atoms with Crippen molar-refractivity contribution < 1.29 is 9.90 Å². The average molecular weight is 230 g/mol. The van der Waals surface area contributed by atoms with E-state index in [2.05, 4.69) is 10.6 Å². The molecule has 0 rings (SSSR count). The summed E-state index contributed by atoms with van der Waals surface area (Å²) in [5.74, 6) is 0.352. The Labute approximate surface area is 98.8 Å². The van der Waals surface area contributed by atoms with Crippen molar-refractivity contribution in [1.82, 2.24) is 10.6 Å². The van der Waals surface area contributed by atoms with Gasteiger partial charge in [-0.15, -0.1) is 0 Å². The molecular weight excluding hydrogens is 204 g/mol. The number of aliphatic hydroxyl groups excluding tert-OH is 1. The molecule has 0 aliphatic heterocycles. The van der Waals surface area contributed by atoms with Gasteiger partial charge in [-0.05, 0) is 39.2 Å². The third-order valence-electron chi connectivity index (χ3n) is 2.66. The van der Waals surface area contributed by atoms with Gasteiger partial charge in [-0.25, -0.2) is 0 Å². The van der Waals surface area contributed by atoms with Crippen molar-refractivity contribution in [1.29, 1.82) is 0 Å². The predicted octanol–water partition coefficient (Wildman–Crippen LogP) is 0.899. The maximum absolute atomic E-state index is 11.7. The summed E-state index contributed by atoms with van der Waals surface area (Å²) in [6.45, 7) is 9.42. The highest BCUT2D eigenvalue weighted by Gasteiger charge is 2.25. The normalized spacial score (nSPS) is 13.6. The Morgan fingerprint density at radius 1 is 1.44 bits per heavy atom. The van der Waals surface area contributed by atoms with Crippen molar-refractivity contribution in [3.63, 3.8) is 0 Å². The first-order chi connectivity index (χ1) is 7.44. The molecule has 4 nitrogen and oxygen atoms in total. The molecule has 0 heterocycles. The largest absolute Gasteiger partial charge is 0.396 e. The summed E-state index contributed by atoms with van der Waals surface area (Å²) in [6, 6.07) is 0. The lowest BCUT2D eigenvalue weighted by Gasteiger charge is -2.24. The molecule has 0 radical (unpaired) electrons. The van der Waals surface area contributed by atoms with Crippen LogP contribution in [0.25, 0.3) is 0 Å². The third kappa shape index (κ3) is 6.08. The van der Waals surface area contributed by atoms with Crippen LogP contribution in [0.4, 0.5) is 0 Å². The molecule has 0 aromatic rings. The van der Waals surface area contributed by atoms with Gasteiger partial charge in [-0.1, -0.05) is 13.8 Å². The zero-order valence-electron chi connectivity index (χ0n) is 11.0. The molecule has 0 aromatic heterocycles. The molecule has 0 aromatic carbocycles. The molecule has 0 aliphatic carbocycles. The lowest BCUT2D eigenvalue weighted by Crippen LogP contribution is -2.52. The van der Waals surface area contributed by atoms with Gasteiger partial charge >= 0.3 is 0 Å². The molecule has 0 saturated heterocycles. The molecule has 3 N–H and O–H groups in total. The summed E-state index contributed by atoms with van der Waals surface area (Å²) in [6.07, 6.45) is 1.86. The smallest absolute Gasteiger partial charge is 0.239 e. The number of carbonyl (C=O) groups excluding carboxylic acids is 1. The van der Waals surface area contributed by atoms with E-state index in [1.165, 1.54) is 0 Å². The summed E-state index contributed by atoms with van der Waals surface area (Å²) < 4.78 is 0. The summed E-state index contributed by atoms with van der Waals surface area (Å²) >= 11 is 0. The van der Waals surface area contributed by atoms with E-state index in [0.717, 1.165) is 19.4 Å². The zero-order valence-corrected chi connectivity index (χ0v) is 11.0. The fourth-order valence-electron chi connectivity index (χ4n) is 1.49. The van der Waals surface area contributed by atoms with Crippen LogP contribution in [0.1, 0.15) is 40.5 Å². The van der Waals surface area contributed by atoms with E-state index >= 15 is 0 Å². The Kier molecular flexibility index (Phi) is 7.34. The monoisotopic (exact) mass is 230 g/mol. The summed E-state index contributed by atoms with van der Waals surface area (Å²) in [5.41, 5.74) is -0.503. The van der Waals surface area contributed by atoms with Gasteiger partial charge in [0.25, 0.3) is 0 Å². The van der Waals surface area contributed by atoms with E-state index in [9.17, 15) is 4.79 Å². The summed E-state index contributed by atoms with van der Waals surface area (Å²) in [7, 11) is 0. The summed E-state index contributed by atoms with van der Waals surface area (Å²) in [5, 5.41) is 14.9. The Morgan fingerprint density at radius 2 is 2.06 bits per heavy atom. The van der Waals surface area contributed by atoms with Crippen LogP contribution in [0.15, 0.2) is 0 Å². The molecular formula is C12H26N2O2. The quantitative estimate of drug-likeness (QED) is 0.543. The Bertz CT molecular complexity index is 205. The second kappa shape index (κ2) is 7.63. The van der Waals surface area contributed by atoms with E-state index in [-0.39, 0.29) is 12.5 Å². The van der Waals surface area contributed by atoms with Crippen LogP contribution in [-0.2, 0) is 4.79 Å². The van der Waals surface area contributed by atoms with Crippen LogP contribution in [-0.4, -0.2) is 36.2 Å². The van der Waals surface area contributed by atoms with Crippen LogP contribution >= 0.6 is 0 Å². The number of hydrogen-bond acceptors (Lipinski definition) is 3. The van der Waals surface area contributed by atoms with Gasteiger partial charge in [-0.3, -0.25) is 4.79 Å². The number of carbonyl (C=O) groups is 1. The van der Waals surface area contributed by atoms with Crippen LogP contribution in [0, 0.1) is 5.92 Å². The second-order valence-electron chi connectivity index (χ2n) is 4.84. The number of rotatable bonds is 8. The molecule has 1 atom stereocenters. The first-order valence-electron chi connectivity index (χ1n) is 6.08. The van der Waals surface area contributed by atoms with Gasteiger partial charge in [0.05, 0.1) is 5.54 Å². The number of amides is 1. The first kappa shape index (κ1) is 15.4. The maximum atomic E-state index is 11.7. The topological polar surface area (TPSA) is 61.4 Å². The molecule has 16 heavy (non-hydrogen) atoms. The Hall–Kier alpha value is -0.610. The first-order valence-corrected chi connectivity index (χ1v) is 6.08. The number of likely N-dealkylation sites (N-methyl/N-ethyl adjacent to an activating group) is 1. The minimum Gasteiger partial charge on any atom is -0.396 e. The van der Waals surface area contributed by atoms with Crippen molar-refractivity contribution in [2.75, 3.05) is 19.7 Å². The van der Waals surface area contributed by atoms with Crippen LogP contribution in [0.3, 0.4) is 0 Å². The van der Waals surface area contributed by atoms with Gasteiger partial charge in [0.15, 0.2) is 0 Å². The second-order valence-corrected chi connectivity index (χ2v) is 4.84. The molecule has 1 unspecified atom stereocenters. The number of nitrogens with one attached hydrogen (secondary N) is 2. The Balaban J connectivity index is 3.73. The van der Waals surface area contributed by atoms with Gasteiger partial charge in [-0.2, -0.15) is 0 Å². The van der Waals surface area contributed by atoms with Crippen molar-refractivity contribution in [3.05, 3.63) is 0 Å². The summed E-state index contributed by atoms with van der Waals surface area (Å²) in [4.78, 5) is 11.7. The average Bonchev–Trinajstić information content (AvgIpc) is 2.23. The molecule has 0 saturated carbocycles. The molecule has 4 heteroatoms. The minimum atomic E-state index is -0.503. The standard InChI is InChI=1S/C12H26N2O2/c1-5-14-12(3,4)11(16)13-8-6-7-10(2)9-15/h10,14-15H,5-9H2,1-4H3,(H,13,16). The van der Waals surface area contributed by atoms with Crippen LogP contribution in [0.2, 0.25) is 0 Å². The van der Waals surface area contributed by atoms with Gasteiger partial charge in [0.1, 0.15) is 0 Å². The maximum Gasteiger partial charge on any atom is 0.239 e. The molecule has 0 spiro atoms. The van der Waals surface area contributed by atoms with Crippen molar-refractivity contribution >= 4 is 5.91 Å². The lowest BCUT2D eigenvalue weighted by atomic mass is 10.0. The lowest BCUT2D eigenvalue weighted by molar-refractivity contribution is -0.126. The van der Waals surface area contributed by atoms with Crippen molar-refractivity contribution in [2.45, 2.75) is 46.1 Å². The zero-order chi connectivity index (χ0) is 12.6. The van der Waals surface area contributed by atoms with Crippen LogP contribution in [0.5, 0.6) is 0 Å². The van der Waals surface area contributed by atoms with Crippen molar-refractivity contribution in [2.24, 2.45) is 5.92 Å². The van der Waals surface area contributed by atoms with Gasteiger partial charge < -0.3 is 15.7 Å². The SMILES string of the molecule is CCNC(C)(C)C(=O)NCCCC(C)CO. The highest BCUT2D eigenvalue weighted by Crippen LogP contribution is 2.04. The minimum absolute atomic E-state index is 0.0333. The number of hydrogen-bond donors (Lipinski definition) is 3. The highest BCUT2D eigenvalue weighted by molar-refractivity contribution is 5.85. The molecule has 0 bridgehead atoms. The molecule has 0 aliphatic rings. The third-order valence-corrected chi connectivity index (χ3v) is 2.66. The highest BCUT2D eigenvalue weighted by atomic mass is 16.3. The van der Waals surface area contributed by atoms with E-state index in [0.29, 0.717) is 12.5 Å². The van der Waals surface area contributed by atoms with Crippen LogP contribution < -0.4 is 10.6 Å². The van der Waals surface area contributed by atoms with E-state index in [1.54, 1.807) is 0 Å². The van der Waals surface area contributed by atoms with E-state index < -0.39 is 5.54 Å². The van der Waals surface area contributed by atoms with E-state index in [4.69, 9.17) is 5.11 Å². The fourth-order valence-corrected chi connectivity index (χ4v) is 1.49. The van der Waals surface area contributed by atoms with Gasteiger partial charge in [0, 0.05) is 13.2 Å². The van der Waals surface area contributed by atoms with E-state index in [1.807, 2.05) is 27.7 Å². The molecule has 1 amide bonds. The molecule has 96 valence electrons. The van der Waals surface area contributed by atoms with Crippen molar-refractivity contribution in [3.8, 4) is 0 Å². The molecule has 0 fully saturated rings. The number of aliphatic hydroxyl groups is 1. The predicted molar refractivity (Wildman–Crippen MR) is 66.2 cm³/mol. The Morgan fingerprint density at radius 3 is 2.56 bits per heavy atom. The fraction of sp³-hybridized carbons (Fsp3) is 0.917.